The summed E-state index contributed by atoms with van der Waals surface area (Å²) in [6.07, 6.45) is -8.75. The number of rotatable bonds is 6. The minimum atomic E-state index is -4.37. The maximum Gasteiger partial charge on any atom is 0.416 e. The van der Waals surface area contributed by atoms with Crippen LogP contribution in [0.4, 0.5) is 26.3 Å². The van der Waals surface area contributed by atoms with Crippen molar-refractivity contribution in [2.45, 2.75) is 89.1 Å². The Hall–Kier alpha value is -0.720. The van der Waals surface area contributed by atoms with Crippen LogP contribution < -0.4 is 0 Å². The summed E-state index contributed by atoms with van der Waals surface area (Å²) in [5.41, 5.74) is -0.279. The molecule has 0 bridgehead atoms. The molecule has 2 rings (SSSR count). The van der Waals surface area contributed by atoms with E-state index in [4.69, 9.17) is 0 Å². The first-order valence-electron chi connectivity index (χ1n) is 12.3. The lowest BCUT2D eigenvalue weighted by Gasteiger charge is -2.21. The van der Waals surface area contributed by atoms with Gasteiger partial charge in [0.1, 0.15) is 0 Å². The third-order valence-electron chi connectivity index (χ3n) is 5.80. The first-order chi connectivity index (χ1) is 17.8. The minimum absolute atomic E-state index is 0.200. The molecule has 0 amide bonds. The Morgan fingerprint density at radius 3 is 1.10 bits per heavy atom. The van der Waals surface area contributed by atoms with Crippen molar-refractivity contribution in [1.29, 1.82) is 0 Å². The molecule has 2 aromatic carbocycles. The summed E-state index contributed by atoms with van der Waals surface area (Å²) in [6.45, 7) is 14.7. The number of halogens is 8. The molecular weight excluding hydrogens is 706 g/mol. The average Bonchev–Trinajstić information content (AvgIpc) is 2.76. The summed E-state index contributed by atoms with van der Waals surface area (Å²) in [5.74, 6) is 0.288. The van der Waals surface area contributed by atoms with Crippen LogP contribution in [0.5, 0.6) is 0 Å². The maximum absolute atomic E-state index is 12.8. The van der Waals surface area contributed by atoms with Crippen molar-refractivity contribution < 1.29 is 34.8 Å². The maximum atomic E-state index is 12.8. The van der Waals surface area contributed by atoms with Gasteiger partial charge in [0.15, 0.2) is 0 Å². The number of hydrogen-bond donors (Lipinski definition) is 0. The highest BCUT2D eigenvalue weighted by molar-refractivity contribution is 9.10. The fraction of sp³-hybridized carbons (Fsp3) is 0.571. The van der Waals surface area contributed by atoms with Crippen LogP contribution in [0, 0.1) is 0 Å². The van der Waals surface area contributed by atoms with Gasteiger partial charge in [-0.1, -0.05) is 45.7 Å². The van der Waals surface area contributed by atoms with E-state index in [1.165, 1.54) is 0 Å². The van der Waals surface area contributed by atoms with Gasteiger partial charge in [-0.05, 0) is 101 Å². The Balaban J connectivity index is 0.000000400. The largest absolute Gasteiger partial charge is 0.416 e. The number of alkyl halides is 6. The lowest BCUT2D eigenvalue weighted by Crippen LogP contribution is -2.26. The Morgan fingerprint density at radius 2 is 0.875 bits per heavy atom. The van der Waals surface area contributed by atoms with Crippen LogP contribution in [0.3, 0.4) is 0 Å². The summed E-state index contributed by atoms with van der Waals surface area (Å²) in [7, 11) is -2.20. The molecule has 0 saturated heterocycles. The molecule has 0 aromatic heterocycles. The number of benzene rings is 2. The van der Waals surface area contributed by atoms with E-state index in [2.05, 4.69) is 31.9 Å². The van der Waals surface area contributed by atoms with Gasteiger partial charge in [-0.15, -0.1) is 0 Å². The molecule has 40 heavy (non-hydrogen) atoms. The zero-order valence-electron chi connectivity index (χ0n) is 23.7. The van der Waals surface area contributed by atoms with Crippen LogP contribution in [0.2, 0.25) is 0 Å². The molecule has 2 aromatic rings. The van der Waals surface area contributed by atoms with E-state index in [9.17, 15) is 34.8 Å². The molecule has 0 unspecified atom stereocenters. The van der Waals surface area contributed by atoms with Crippen molar-refractivity contribution in [3.05, 3.63) is 67.6 Å². The van der Waals surface area contributed by atoms with Gasteiger partial charge in [-0.25, -0.2) is 0 Å². The summed E-state index contributed by atoms with van der Waals surface area (Å²) < 4.78 is 101. The molecule has 0 aliphatic rings. The van der Waals surface area contributed by atoms with E-state index in [1.54, 1.807) is 26.0 Å². The van der Waals surface area contributed by atoms with Crippen molar-refractivity contribution in [2.24, 2.45) is 0 Å². The van der Waals surface area contributed by atoms with Crippen molar-refractivity contribution in [2.75, 3.05) is 11.5 Å². The van der Waals surface area contributed by atoms with Gasteiger partial charge < -0.3 is 0 Å². The molecule has 2 nitrogen and oxygen atoms in total. The summed E-state index contributed by atoms with van der Waals surface area (Å²) in [4.78, 5) is 0. The fourth-order valence-electron chi connectivity index (χ4n) is 3.27. The zero-order chi connectivity index (χ0) is 31.4. The standard InChI is InChI=1S/2C14H18BrF3OS/c2*1-9(8-20(19)13(2,3)4)10-5-11(14(16,17)18)7-12(15)6-10/h2*5-7,9H,8H2,1-4H3/t9-,20+;9-,20-/m01/s1. The van der Waals surface area contributed by atoms with Gasteiger partial charge in [0.25, 0.3) is 0 Å². The number of hydrogen-bond acceptors (Lipinski definition) is 2. The molecule has 0 saturated carbocycles. The van der Waals surface area contributed by atoms with Crippen molar-refractivity contribution >= 4 is 53.5 Å². The minimum Gasteiger partial charge on any atom is -0.259 e. The van der Waals surface area contributed by atoms with Gasteiger partial charge >= 0.3 is 12.4 Å². The van der Waals surface area contributed by atoms with Gasteiger partial charge in [0, 0.05) is 51.5 Å². The monoisotopic (exact) mass is 740 g/mol. The summed E-state index contributed by atoms with van der Waals surface area (Å²) in [5, 5.41) is 0. The van der Waals surface area contributed by atoms with Crippen LogP contribution in [0.1, 0.15) is 89.5 Å². The predicted octanol–water partition coefficient (Wildman–Crippen LogP) is 10.2. The van der Waals surface area contributed by atoms with Crippen LogP contribution >= 0.6 is 31.9 Å². The Bertz CT molecular complexity index is 1110. The van der Waals surface area contributed by atoms with Crippen LogP contribution in [-0.4, -0.2) is 29.4 Å². The van der Waals surface area contributed by atoms with Crippen LogP contribution in [0.15, 0.2) is 45.3 Å². The van der Waals surface area contributed by atoms with E-state index in [0.29, 0.717) is 31.6 Å². The Labute approximate surface area is 255 Å². The topological polar surface area (TPSA) is 34.1 Å². The Kier molecular flexibility index (Phi) is 13.2. The molecule has 0 heterocycles. The van der Waals surface area contributed by atoms with E-state index >= 15 is 0 Å². The molecule has 228 valence electrons. The van der Waals surface area contributed by atoms with Gasteiger partial charge in [-0.3, -0.25) is 8.42 Å². The lowest BCUT2D eigenvalue weighted by atomic mass is 10.0. The molecule has 0 spiro atoms. The molecule has 0 N–H and O–H groups in total. The quantitative estimate of drug-likeness (QED) is 0.276. The second-order valence-corrected chi connectivity index (χ2v) is 17.9. The highest BCUT2D eigenvalue weighted by atomic mass is 79.9. The second kappa shape index (κ2) is 14.2. The third-order valence-corrected chi connectivity index (χ3v) is 11.1. The zero-order valence-corrected chi connectivity index (χ0v) is 28.5. The highest BCUT2D eigenvalue weighted by Gasteiger charge is 2.33. The molecule has 0 radical (unpaired) electrons. The SMILES string of the molecule is C[C@@H](C[S@@](=O)C(C)(C)C)c1cc(Br)cc(C(F)(F)F)c1.C[C@H](C[S@@](=O)C(C)(C)C)c1cc(Br)cc(C(F)(F)F)c1. The predicted molar refractivity (Wildman–Crippen MR) is 161 cm³/mol. The summed E-state index contributed by atoms with van der Waals surface area (Å²) in [6, 6.07) is 7.68. The van der Waals surface area contributed by atoms with Gasteiger partial charge in [0.2, 0.25) is 0 Å². The lowest BCUT2D eigenvalue weighted by molar-refractivity contribution is -0.138. The molecule has 12 heteroatoms. The van der Waals surface area contributed by atoms with E-state index < -0.39 is 45.1 Å². The summed E-state index contributed by atoms with van der Waals surface area (Å²) >= 11 is 6.21. The van der Waals surface area contributed by atoms with E-state index in [-0.39, 0.29) is 21.3 Å². The average molecular weight is 743 g/mol. The van der Waals surface area contributed by atoms with Crippen LogP contribution in [-0.2, 0) is 34.0 Å². The van der Waals surface area contributed by atoms with E-state index in [0.717, 1.165) is 24.3 Å². The highest BCUT2D eigenvalue weighted by Crippen LogP contribution is 2.35. The van der Waals surface area contributed by atoms with Gasteiger partial charge in [-0.2, -0.15) is 26.3 Å². The van der Waals surface area contributed by atoms with Crippen molar-refractivity contribution in [3.63, 3.8) is 0 Å². The Morgan fingerprint density at radius 1 is 0.600 bits per heavy atom. The molecule has 0 fully saturated rings. The fourth-order valence-corrected chi connectivity index (χ4v) is 6.58. The second-order valence-electron chi connectivity index (χ2n) is 11.6. The smallest absolute Gasteiger partial charge is 0.259 e. The first-order valence-corrected chi connectivity index (χ1v) is 16.6. The van der Waals surface area contributed by atoms with Crippen LogP contribution in [0.25, 0.3) is 0 Å². The first kappa shape index (κ1) is 37.3. The van der Waals surface area contributed by atoms with Gasteiger partial charge in [0.05, 0.1) is 11.1 Å². The molecule has 0 aliphatic heterocycles. The normalized spacial score (nSPS) is 16.0. The van der Waals surface area contributed by atoms with E-state index in [1.807, 2.05) is 41.5 Å². The van der Waals surface area contributed by atoms with Crippen molar-refractivity contribution in [3.8, 4) is 0 Å². The molecule has 4 atom stereocenters. The molecule has 0 aliphatic carbocycles. The molecular formula is C28H36Br2F6O2S2. The third kappa shape index (κ3) is 12.3. The van der Waals surface area contributed by atoms with Crippen molar-refractivity contribution in [1.82, 2.24) is 0 Å².